The van der Waals surface area contributed by atoms with E-state index in [1.54, 1.807) is 29.6 Å². The monoisotopic (exact) mass is 350 g/mol. The van der Waals surface area contributed by atoms with Crippen molar-refractivity contribution in [1.82, 2.24) is 19.1 Å². The summed E-state index contributed by atoms with van der Waals surface area (Å²) in [5.41, 5.74) is 0.929. The number of rotatable bonds is 4. The third-order valence-corrected chi connectivity index (χ3v) is 6.30. The summed E-state index contributed by atoms with van der Waals surface area (Å²) < 4.78 is 34.8. The van der Waals surface area contributed by atoms with Crippen molar-refractivity contribution >= 4 is 10.0 Å². The molecule has 1 atom stereocenters. The molecule has 1 aliphatic heterocycles. The van der Waals surface area contributed by atoms with E-state index in [0.29, 0.717) is 31.0 Å². The largest absolute Gasteiger partial charge is 0.377 e. The van der Waals surface area contributed by atoms with E-state index in [4.69, 9.17) is 4.74 Å². The summed E-state index contributed by atoms with van der Waals surface area (Å²) >= 11 is 0. The first-order chi connectivity index (χ1) is 11.4. The van der Waals surface area contributed by atoms with Gasteiger partial charge in [0.05, 0.1) is 4.90 Å². The van der Waals surface area contributed by atoms with Gasteiger partial charge in [0, 0.05) is 32.7 Å². The number of methoxy groups -OCH3 is 1. The molecule has 24 heavy (non-hydrogen) atoms. The van der Waals surface area contributed by atoms with Crippen LogP contribution in [-0.4, -0.2) is 47.2 Å². The topological polar surface area (TPSA) is 77.3 Å². The molecule has 0 radical (unpaired) electrons. The van der Waals surface area contributed by atoms with Gasteiger partial charge in [-0.15, -0.1) is 10.2 Å². The molecule has 1 aromatic carbocycles. The minimum atomic E-state index is -3.54. The lowest BCUT2D eigenvalue weighted by molar-refractivity contribution is 0.173. The van der Waals surface area contributed by atoms with Gasteiger partial charge in [-0.3, -0.25) is 0 Å². The second-order valence-corrected chi connectivity index (χ2v) is 7.99. The number of aromatic nitrogens is 3. The molecule has 1 aromatic heterocycles. The lowest BCUT2D eigenvalue weighted by Crippen LogP contribution is -2.40. The standard InChI is InChI=1S/C16H22N4O3S/c1-12-5-4-6-14(9-12)24(21,22)20-8-7-19-15(10-13(20)2)17-18-16(19)11-23-3/h4-6,9,13H,7-8,10-11H2,1-3H3. The van der Waals surface area contributed by atoms with Gasteiger partial charge in [-0.25, -0.2) is 8.42 Å². The van der Waals surface area contributed by atoms with E-state index >= 15 is 0 Å². The summed E-state index contributed by atoms with van der Waals surface area (Å²) in [6, 6.07) is 6.84. The maximum Gasteiger partial charge on any atom is 0.243 e. The zero-order chi connectivity index (χ0) is 17.3. The summed E-state index contributed by atoms with van der Waals surface area (Å²) in [5, 5.41) is 8.34. The van der Waals surface area contributed by atoms with Crippen LogP contribution in [0.15, 0.2) is 29.2 Å². The van der Waals surface area contributed by atoms with E-state index in [0.717, 1.165) is 17.2 Å². The molecule has 0 aliphatic carbocycles. The van der Waals surface area contributed by atoms with E-state index in [9.17, 15) is 8.42 Å². The molecule has 0 amide bonds. The fourth-order valence-corrected chi connectivity index (χ4v) is 4.80. The normalized spacial score (nSPS) is 19.0. The third-order valence-electron chi connectivity index (χ3n) is 4.29. The molecule has 8 heteroatoms. The predicted octanol–water partition coefficient (Wildman–Crippen LogP) is 1.37. The molecule has 3 rings (SSSR count). The van der Waals surface area contributed by atoms with Gasteiger partial charge >= 0.3 is 0 Å². The van der Waals surface area contributed by atoms with Crippen molar-refractivity contribution in [3.05, 3.63) is 41.5 Å². The number of benzene rings is 1. The van der Waals surface area contributed by atoms with E-state index in [1.807, 2.05) is 24.5 Å². The summed E-state index contributed by atoms with van der Waals surface area (Å²) in [6.07, 6.45) is 0.530. The minimum Gasteiger partial charge on any atom is -0.377 e. The quantitative estimate of drug-likeness (QED) is 0.832. The van der Waals surface area contributed by atoms with Crippen LogP contribution in [0.4, 0.5) is 0 Å². The Morgan fingerprint density at radius 1 is 1.29 bits per heavy atom. The van der Waals surface area contributed by atoms with Crippen LogP contribution >= 0.6 is 0 Å². The molecule has 1 aliphatic rings. The van der Waals surface area contributed by atoms with Crippen LogP contribution in [0.1, 0.15) is 24.1 Å². The highest BCUT2D eigenvalue weighted by atomic mass is 32.2. The minimum absolute atomic E-state index is 0.184. The Morgan fingerprint density at radius 3 is 2.79 bits per heavy atom. The lowest BCUT2D eigenvalue weighted by Gasteiger charge is -2.26. The van der Waals surface area contributed by atoms with Crippen LogP contribution in [0.2, 0.25) is 0 Å². The maximum absolute atomic E-state index is 13.0. The first-order valence-electron chi connectivity index (χ1n) is 7.92. The maximum atomic E-state index is 13.0. The zero-order valence-electron chi connectivity index (χ0n) is 14.1. The number of hydrogen-bond acceptors (Lipinski definition) is 5. The Labute approximate surface area is 142 Å². The van der Waals surface area contributed by atoms with Crippen LogP contribution in [0.5, 0.6) is 0 Å². The van der Waals surface area contributed by atoms with E-state index in [-0.39, 0.29) is 6.04 Å². The summed E-state index contributed by atoms with van der Waals surface area (Å²) in [4.78, 5) is 0.337. The van der Waals surface area contributed by atoms with Crippen LogP contribution < -0.4 is 0 Å². The molecule has 0 spiro atoms. The van der Waals surface area contributed by atoms with Crippen molar-refractivity contribution in [2.45, 2.75) is 44.4 Å². The van der Waals surface area contributed by atoms with Gasteiger partial charge in [-0.2, -0.15) is 4.31 Å². The van der Waals surface area contributed by atoms with Crippen molar-refractivity contribution in [1.29, 1.82) is 0 Å². The molecule has 0 fully saturated rings. The van der Waals surface area contributed by atoms with Gasteiger partial charge < -0.3 is 9.30 Å². The van der Waals surface area contributed by atoms with Gasteiger partial charge in [-0.1, -0.05) is 12.1 Å². The second-order valence-electron chi connectivity index (χ2n) is 6.10. The highest BCUT2D eigenvalue weighted by Gasteiger charge is 2.33. The third kappa shape index (κ3) is 3.09. The second kappa shape index (κ2) is 6.62. The average molecular weight is 350 g/mol. The van der Waals surface area contributed by atoms with Crippen molar-refractivity contribution < 1.29 is 13.2 Å². The SMILES string of the molecule is COCc1nnc2n1CCN(S(=O)(=O)c1cccc(C)c1)C(C)C2. The number of ether oxygens (including phenoxy) is 1. The van der Waals surface area contributed by atoms with E-state index in [1.165, 1.54) is 0 Å². The average Bonchev–Trinajstić information content (AvgIpc) is 2.81. The lowest BCUT2D eigenvalue weighted by atomic mass is 10.2. The Morgan fingerprint density at radius 2 is 2.08 bits per heavy atom. The van der Waals surface area contributed by atoms with Gasteiger partial charge in [0.1, 0.15) is 12.4 Å². The first-order valence-corrected chi connectivity index (χ1v) is 9.36. The molecule has 0 N–H and O–H groups in total. The van der Waals surface area contributed by atoms with Gasteiger partial charge in [0.25, 0.3) is 0 Å². The number of hydrogen-bond donors (Lipinski definition) is 0. The Kier molecular flexibility index (Phi) is 4.71. The Hall–Kier alpha value is -1.77. The van der Waals surface area contributed by atoms with Crippen molar-refractivity contribution in [3.63, 3.8) is 0 Å². The molecule has 0 saturated heterocycles. The fraction of sp³-hybridized carbons (Fsp3) is 0.500. The molecule has 1 unspecified atom stereocenters. The Balaban J connectivity index is 1.91. The summed E-state index contributed by atoms with van der Waals surface area (Å²) in [7, 11) is -1.93. The fourth-order valence-electron chi connectivity index (χ4n) is 3.07. The smallest absolute Gasteiger partial charge is 0.243 e. The molecule has 7 nitrogen and oxygen atoms in total. The zero-order valence-corrected chi connectivity index (χ0v) is 15.0. The van der Waals surface area contributed by atoms with Gasteiger partial charge in [0.2, 0.25) is 10.0 Å². The molecule has 0 saturated carbocycles. The molecular formula is C16H22N4O3S. The number of nitrogens with zero attached hydrogens (tertiary/aromatic N) is 4. The highest BCUT2D eigenvalue weighted by Crippen LogP contribution is 2.23. The van der Waals surface area contributed by atoms with Crippen molar-refractivity contribution in [2.75, 3.05) is 13.7 Å². The van der Waals surface area contributed by atoms with Gasteiger partial charge in [-0.05, 0) is 31.5 Å². The molecule has 2 aromatic rings. The summed E-state index contributed by atoms with van der Waals surface area (Å²) in [6.45, 7) is 5.08. The summed E-state index contributed by atoms with van der Waals surface area (Å²) in [5.74, 6) is 1.53. The van der Waals surface area contributed by atoms with Crippen LogP contribution in [0.3, 0.4) is 0 Å². The van der Waals surface area contributed by atoms with Crippen LogP contribution in [0, 0.1) is 6.92 Å². The van der Waals surface area contributed by atoms with Crippen LogP contribution in [0.25, 0.3) is 0 Å². The van der Waals surface area contributed by atoms with Gasteiger partial charge in [0.15, 0.2) is 5.82 Å². The van der Waals surface area contributed by atoms with Crippen LogP contribution in [-0.2, 0) is 34.3 Å². The molecule has 130 valence electrons. The molecular weight excluding hydrogens is 328 g/mol. The predicted molar refractivity (Wildman–Crippen MR) is 89.0 cm³/mol. The Bertz CT molecular complexity index is 832. The highest BCUT2D eigenvalue weighted by molar-refractivity contribution is 7.89. The first kappa shape index (κ1) is 17.1. The van der Waals surface area contributed by atoms with Crippen molar-refractivity contribution in [2.24, 2.45) is 0 Å². The number of aryl methyl sites for hydroxylation is 1. The van der Waals surface area contributed by atoms with E-state index < -0.39 is 10.0 Å². The molecule has 2 heterocycles. The molecule has 0 bridgehead atoms. The van der Waals surface area contributed by atoms with Crippen molar-refractivity contribution in [3.8, 4) is 0 Å². The number of fused-ring (bicyclic) bond motifs is 1. The van der Waals surface area contributed by atoms with E-state index in [2.05, 4.69) is 10.2 Å². The number of sulfonamides is 1.